The molecule has 0 saturated carbocycles. The van der Waals surface area contributed by atoms with Gasteiger partial charge >= 0.3 is 0 Å². The van der Waals surface area contributed by atoms with Crippen molar-refractivity contribution in [1.29, 1.82) is 5.26 Å². The molecule has 0 radical (unpaired) electrons. The van der Waals surface area contributed by atoms with Crippen molar-refractivity contribution in [2.45, 2.75) is 0 Å². The molecule has 0 atom stereocenters. The number of aromatic nitrogens is 8. The summed E-state index contributed by atoms with van der Waals surface area (Å²) in [5, 5.41) is 36.4. The fourth-order valence-corrected chi connectivity index (χ4v) is 1.80. The third-order valence-electron chi connectivity index (χ3n) is 2.88. The number of nitrogens with one attached hydrogen (secondary N) is 2. The molecule has 0 aliphatic heterocycles. The first kappa shape index (κ1) is 14.1. The van der Waals surface area contributed by atoms with Gasteiger partial charge in [0.1, 0.15) is 23.7 Å². The van der Waals surface area contributed by atoms with Gasteiger partial charge in [0.05, 0.1) is 18.5 Å². The molecule has 0 fully saturated rings. The number of allylic oxidation sites excluding steroid dienone is 1. The quantitative estimate of drug-likeness (QED) is 0.629. The first-order chi connectivity index (χ1) is 11.3. The Morgan fingerprint density at radius 1 is 1.48 bits per heavy atom. The van der Waals surface area contributed by atoms with E-state index in [1.165, 1.54) is 17.2 Å². The molecule has 2 N–H and O–H groups in total. The second-order valence-corrected chi connectivity index (χ2v) is 4.19. The van der Waals surface area contributed by atoms with Gasteiger partial charge in [-0.25, -0.2) is 4.68 Å². The zero-order valence-corrected chi connectivity index (χ0v) is 11.9. The molecule has 11 heteroatoms. The standard InChI is InChI=1S/C12H10N10O/c1-23-11-3-2-9(22-7-15-18-21-22)4-10(11)14-6-8(5-13)12-16-19-20-17-12/h2-4,6-7,14H,1H3,(H,16,17,19,20). The maximum atomic E-state index is 9.17. The number of tetrazole rings is 2. The summed E-state index contributed by atoms with van der Waals surface area (Å²) in [5.74, 6) is 0.777. The van der Waals surface area contributed by atoms with Crippen molar-refractivity contribution < 1.29 is 4.74 Å². The fourth-order valence-electron chi connectivity index (χ4n) is 1.80. The van der Waals surface area contributed by atoms with Gasteiger partial charge in [-0.15, -0.1) is 15.3 Å². The van der Waals surface area contributed by atoms with E-state index in [1.807, 2.05) is 6.07 Å². The number of rotatable bonds is 5. The summed E-state index contributed by atoms with van der Waals surface area (Å²) in [4.78, 5) is 0. The predicted octanol–water partition coefficient (Wildman–Crippen LogP) is 0.161. The van der Waals surface area contributed by atoms with Crippen LogP contribution < -0.4 is 10.1 Å². The van der Waals surface area contributed by atoms with Crippen molar-refractivity contribution in [3.8, 4) is 17.5 Å². The number of aromatic amines is 1. The smallest absolute Gasteiger partial charge is 0.216 e. The highest BCUT2D eigenvalue weighted by Gasteiger charge is 2.09. The summed E-state index contributed by atoms with van der Waals surface area (Å²) >= 11 is 0. The van der Waals surface area contributed by atoms with Crippen molar-refractivity contribution in [1.82, 2.24) is 40.8 Å². The zero-order valence-electron chi connectivity index (χ0n) is 11.9. The summed E-state index contributed by atoms with van der Waals surface area (Å²) in [7, 11) is 1.55. The number of nitriles is 1. The molecule has 0 bridgehead atoms. The van der Waals surface area contributed by atoms with Gasteiger partial charge in [0.2, 0.25) is 5.82 Å². The Balaban J connectivity index is 1.92. The Kier molecular flexibility index (Phi) is 3.88. The van der Waals surface area contributed by atoms with Crippen LogP contribution in [0.4, 0.5) is 5.69 Å². The molecule has 0 aliphatic carbocycles. The monoisotopic (exact) mass is 310 g/mol. The van der Waals surface area contributed by atoms with Gasteiger partial charge < -0.3 is 10.1 Å². The number of methoxy groups -OCH3 is 1. The molecular formula is C12H10N10O. The minimum absolute atomic E-state index is 0.190. The van der Waals surface area contributed by atoms with Crippen molar-refractivity contribution in [3.63, 3.8) is 0 Å². The summed E-state index contributed by atoms with van der Waals surface area (Å²) in [6.45, 7) is 0. The van der Waals surface area contributed by atoms with Crippen LogP contribution in [0.25, 0.3) is 11.3 Å². The number of nitrogens with zero attached hydrogens (tertiary/aromatic N) is 8. The average Bonchev–Trinajstić information content (AvgIpc) is 3.29. The first-order valence-electron chi connectivity index (χ1n) is 6.34. The van der Waals surface area contributed by atoms with E-state index < -0.39 is 0 Å². The zero-order chi connectivity index (χ0) is 16.1. The molecule has 0 aliphatic rings. The lowest BCUT2D eigenvalue weighted by atomic mass is 10.2. The van der Waals surface area contributed by atoms with Crippen molar-refractivity contribution in [2.24, 2.45) is 0 Å². The summed E-state index contributed by atoms with van der Waals surface area (Å²) < 4.78 is 6.79. The maximum Gasteiger partial charge on any atom is 0.216 e. The lowest BCUT2D eigenvalue weighted by molar-refractivity contribution is 0.416. The Bertz CT molecular complexity index is 847. The second-order valence-electron chi connectivity index (χ2n) is 4.19. The molecule has 3 rings (SSSR count). The largest absolute Gasteiger partial charge is 0.495 e. The Morgan fingerprint density at radius 2 is 2.39 bits per heavy atom. The van der Waals surface area contributed by atoms with Crippen LogP contribution in [0.15, 0.2) is 30.7 Å². The van der Waals surface area contributed by atoms with Gasteiger partial charge in [-0.05, 0) is 33.8 Å². The van der Waals surface area contributed by atoms with E-state index in [1.54, 1.807) is 25.3 Å². The lowest BCUT2D eigenvalue weighted by Gasteiger charge is -2.10. The van der Waals surface area contributed by atoms with E-state index in [0.717, 1.165) is 5.69 Å². The van der Waals surface area contributed by atoms with E-state index in [9.17, 15) is 0 Å². The summed E-state index contributed by atoms with van der Waals surface area (Å²) in [5.41, 5.74) is 1.56. The number of hydrogen-bond acceptors (Lipinski definition) is 9. The number of H-pyrrole nitrogens is 1. The molecular weight excluding hydrogens is 300 g/mol. The first-order valence-corrected chi connectivity index (χ1v) is 6.34. The average molecular weight is 310 g/mol. The van der Waals surface area contributed by atoms with Gasteiger partial charge in [-0.3, -0.25) is 0 Å². The van der Waals surface area contributed by atoms with Crippen LogP contribution in [-0.4, -0.2) is 47.9 Å². The molecule has 11 nitrogen and oxygen atoms in total. The van der Waals surface area contributed by atoms with Crippen LogP contribution >= 0.6 is 0 Å². The van der Waals surface area contributed by atoms with Crippen LogP contribution in [0.5, 0.6) is 5.75 Å². The normalized spacial score (nSPS) is 11.0. The van der Waals surface area contributed by atoms with Crippen LogP contribution in [0, 0.1) is 11.3 Å². The molecule has 3 aromatic rings. The molecule has 0 unspecified atom stereocenters. The van der Waals surface area contributed by atoms with Crippen LogP contribution in [0.2, 0.25) is 0 Å². The van der Waals surface area contributed by atoms with E-state index in [-0.39, 0.29) is 11.4 Å². The Morgan fingerprint density at radius 3 is 3.04 bits per heavy atom. The van der Waals surface area contributed by atoms with Gasteiger partial charge in [-0.1, -0.05) is 0 Å². The van der Waals surface area contributed by atoms with E-state index in [2.05, 4.69) is 41.5 Å². The summed E-state index contributed by atoms with van der Waals surface area (Å²) in [6, 6.07) is 7.32. The molecule has 0 saturated heterocycles. The molecule has 0 amide bonds. The highest BCUT2D eigenvalue weighted by atomic mass is 16.5. The number of anilines is 1. The maximum absolute atomic E-state index is 9.17. The Labute approximate surface area is 129 Å². The van der Waals surface area contributed by atoms with Crippen LogP contribution in [0.3, 0.4) is 0 Å². The second kappa shape index (κ2) is 6.31. The minimum Gasteiger partial charge on any atom is -0.495 e. The predicted molar refractivity (Wildman–Crippen MR) is 77.1 cm³/mol. The summed E-state index contributed by atoms with van der Waals surface area (Å²) in [6.07, 6.45) is 2.94. The van der Waals surface area contributed by atoms with Crippen LogP contribution in [0.1, 0.15) is 5.82 Å². The van der Waals surface area contributed by atoms with Gasteiger partial charge in [0, 0.05) is 6.20 Å². The van der Waals surface area contributed by atoms with Crippen molar-refractivity contribution in [3.05, 3.63) is 36.6 Å². The van der Waals surface area contributed by atoms with Gasteiger partial charge in [0.25, 0.3) is 0 Å². The van der Waals surface area contributed by atoms with Crippen LogP contribution in [-0.2, 0) is 0 Å². The van der Waals surface area contributed by atoms with Crippen molar-refractivity contribution >= 4 is 11.3 Å². The third-order valence-corrected chi connectivity index (χ3v) is 2.88. The SMILES string of the molecule is COc1ccc(-n2cnnn2)cc1NC=C(C#N)c1nn[nH]n1. The highest BCUT2D eigenvalue weighted by molar-refractivity contribution is 5.75. The molecule has 2 aromatic heterocycles. The van der Waals surface area contributed by atoms with E-state index in [0.29, 0.717) is 11.4 Å². The topological polar surface area (TPSA) is 143 Å². The molecule has 0 spiro atoms. The van der Waals surface area contributed by atoms with Crippen molar-refractivity contribution in [2.75, 3.05) is 12.4 Å². The molecule has 1 aromatic carbocycles. The molecule has 23 heavy (non-hydrogen) atoms. The minimum atomic E-state index is 0.190. The third kappa shape index (κ3) is 2.95. The van der Waals surface area contributed by atoms with E-state index in [4.69, 9.17) is 10.00 Å². The highest BCUT2D eigenvalue weighted by Crippen LogP contribution is 2.27. The Hall–Kier alpha value is -3.81. The van der Waals surface area contributed by atoms with Gasteiger partial charge in [-0.2, -0.15) is 10.5 Å². The molecule has 2 heterocycles. The number of benzene rings is 1. The fraction of sp³-hybridized carbons (Fsp3) is 0.0833. The number of hydrogen-bond donors (Lipinski definition) is 2. The van der Waals surface area contributed by atoms with E-state index >= 15 is 0 Å². The number of ether oxygens (including phenoxy) is 1. The van der Waals surface area contributed by atoms with Gasteiger partial charge in [0.15, 0.2) is 0 Å². The lowest BCUT2D eigenvalue weighted by Crippen LogP contribution is -2.00. The molecule has 114 valence electrons.